The SMILES string of the molecule is Cn1c(-c2[nH]nc3c([N+](=O)[O-])cccc23)nc2ccccc21. The van der Waals surface area contributed by atoms with Crippen LogP contribution in [0.3, 0.4) is 0 Å². The van der Waals surface area contributed by atoms with Gasteiger partial charge in [-0.15, -0.1) is 0 Å². The van der Waals surface area contributed by atoms with Crippen molar-refractivity contribution in [1.82, 2.24) is 19.7 Å². The van der Waals surface area contributed by atoms with E-state index in [2.05, 4.69) is 15.2 Å². The molecule has 0 saturated carbocycles. The zero-order valence-electron chi connectivity index (χ0n) is 11.6. The highest BCUT2D eigenvalue weighted by molar-refractivity contribution is 5.97. The standard InChI is InChI=1S/C15H11N5O2/c1-19-11-7-3-2-6-10(11)16-15(19)14-9-5-4-8-12(20(21)22)13(9)17-18-14/h2-8H,1H3,(H,17,18). The van der Waals surface area contributed by atoms with Crippen molar-refractivity contribution in [3.63, 3.8) is 0 Å². The molecule has 4 rings (SSSR count). The Hall–Kier alpha value is -3.22. The second-order valence-corrected chi connectivity index (χ2v) is 5.01. The molecule has 2 heterocycles. The molecule has 0 unspecified atom stereocenters. The summed E-state index contributed by atoms with van der Waals surface area (Å²) in [4.78, 5) is 15.3. The first-order chi connectivity index (χ1) is 10.7. The lowest BCUT2D eigenvalue weighted by Crippen LogP contribution is -1.93. The van der Waals surface area contributed by atoms with E-state index in [-0.39, 0.29) is 5.69 Å². The van der Waals surface area contributed by atoms with Crippen LogP contribution in [0.5, 0.6) is 0 Å². The average molecular weight is 293 g/mol. The Labute approximate surface area is 124 Å². The van der Waals surface area contributed by atoms with Crippen molar-refractivity contribution in [2.45, 2.75) is 0 Å². The van der Waals surface area contributed by atoms with Gasteiger partial charge in [0.2, 0.25) is 0 Å². The Kier molecular flexibility index (Phi) is 2.50. The van der Waals surface area contributed by atoms with Crippen molar-refractivity contribution in [2.75, 3.05) is 0 Å². The van der Waals surface area contributed by atoms with Gasteiger partial charge in [0.1, 0.15) is 5.69 Å². The van der Waals surface area contributed by atoms with Crippen molar-refractivity contribution in [2.24, 2.45) is 7.05 Å². The number of nitro groups is 1. The molecule has 0 fully saturated rings. The molecule has 0 aliphatic carbocycles. The lowest BCUT2D eigenvalue weighted by atomic mass is 10.2. The number of aromatic nitrogens is 4. The zero-order chi connectivity index (χ0) is 15.3. The minimum atomic E-state index is -0.429. The smallest absolute Gasteiger partial charge is 0.297 e. The summed E-state index contributed by atoms with van der Waals surface area (Å²) in [5.74, 6) is 0.698. The van der Waals surface area contributed by atoms with Crippen LogP contribution in [0, 0.1) is 10.1 Å². The van der Waals surface area contributed by atoms with Crippen molar-refractivity contribution in [1.29, 1.82) is 0 Å². The summed E-state index contributed by atoms with van der Waals surface area (Å²) in [5, 5.41) is 18.8. The second-order valence-electron chi connectivity index (χ2n) is 5.01. The first kappa shape index (κ1) is 12.5. The summed E-state index contributed by atoms with van der Waals surface area (Å²) in [7, 11) is 1.91. The van der Waals surface area contributed by atoms with Crippen LogP contribution in [0.4, 0.5) is 5.69 Å². The molecule has 0 amide bonds. The fourth-order valence-electron chi connectivity index (χ4n) is 2.71. The highest BCUT2D eigenvalue weighted by atomic mass is 16.6. The van der Waals surface area contributed by atoms with Gasteiger partial charge in [-0.2, -0.15) is 5.10 Å². The molecule has 2 aromatic carbocycles. The quantitative estimate of drug-likeness (QED) is 0.454. The molecular formula is C15H11N5O2. The Balaban J connectivity index is 2.03. The van der Waals surface area contributed by atoms with Gasteiger partial charge in [0.15, 0.2) is 11.3 Å². The number of fused-ring (bicyclic) bond motifs is 2. The molecule has 2 aromatic heterocycles. The fraction of sp³-hybridized carbons (Fsp3) is 0.0667. The van der Waals surface area contributed by atoms with Crippen molar-refractivity contribution < 1.29 is 4.92 Å². The van der Waals surface area contributed by atoms with E-state index in [1.54, 1.807) is 12.1 Å². The maximum atomic E-state index is 11.1. The minimum Gasteiger partial charge on any atom is -0.326 e. The molecule has 108 valence electrons. The number of benzene rings is 2. The average Bonchev–Trinajstić information content (AvgIpc) is 3.08. The molecule has 1 N–H and O–H groups in total. The van der Waals surface area contributed by atoms with E-state index < -0.39 is 4.92 Å². The van der Waals surface area contributed by atoms with Crippen LogP contribution in [0.15, 0.2) is 42.5 Å². The number of rotatable bonds is 2. The third-order valence-corrected chi connectivity index (χ3v) is 3.77. The fourth-order valence-corrected chi connectivity index (χ4v) is 2.71. The van der Waals surface area contributed by atoms with Crippen molar-refractivity contribution in [3.8, 4) is 11.5 Å². The zero-order valence-corrected chi connectivity index (χ0v) is 11.6. The Morgan fingerprint density at radius 1 is 1.18 bits per heavy atom. The summed E-state index contributed by atoms with van der Waals surface area (Å²) in [6.07, 6.45) is 0. The molecule has 7 nitrogen and oxygen atoms in total. The van der Waals surface area contributed by atoms with E-state index in [9.17, 15) is 10.1 Å². The summed E-state index contributed by atoms with van der Waals surface area (Å²) >= 11 is 0. The summed E-state index contributed by atoms with van der Waals surface area (Å²) in [5.41, 5.74) is 2.87. The molecule has 7 heteroatoms. The molecular weight excluding hydrogens is 282 g/mol. The lowest BCUT2D eigenvalue weighted by Gasteiger charge is -2.00. The summed E-state index contributed by atoms with van der Waals surface area (Å²) < 4.78 is 1.95. The molecule has 0 aliphatic heterocycles. The van der Waals surface area contributed by atoms with Gasteiger partial charge in [-0.3, -0.25) is 15.2 Å². The van der Waals surface area contributed by atoms with Gasteiger partial charge >= 0.3 is 0 Å². The number of imidazole rings is 1. The van der Waals surface area contributed by atoms with Gasteiger partial charge < -0.3 is 4.57 Å². The number of hydrogen-bond acceptors (Lipinski definition) is 4. The molecule has 0 bridgehead atoms. The Morgan fingerprint density at radius 3 is 2.77 bits per heavy atom. The van der Waals surface area contributed by atoms with Crippen LogP contribution >= 0.6 is 0 Å². The molecule has 0 saturated heterocycles. The maximum Gasteiger partial charge on any atom is 0.297 e. The van der Waals surface area contributed by atoms with Gasteiger partial charge in [-0.1, -0.05) is 18.2 Å². The number of H-pyrrole nitrogens is 1. The van der Waals surface area contributed by atoms with Crippen LogP contribution in [0.1, 0.15) is 0 Å². The predicted octanol–water partition coefficient (Wildman–Crippen LogP) is 3.02. The number of aromatic amines is 1. The highest BCUT2D eigenvalue weighted by Crippen LogP contribution is 2.31. The van der Waals surface area contributed by atoms with Crippen LogP contribution in [0.25, 0.3) is 33.5 Å². The first-order valence-electron chi connectivity index (χ1n) is 6.70. The number of nitro benzene ring substituents is 1. The Morgan fingerprint density at radius 2 is 2.00 bits per heavy atom. The molecule has 0 aliphatic rings. The highest BCUT2D eigenvalue weighted by Gasteiger charge is 2.20. The number of non-ortho nitro benzene ring substituents is 1. The molecule has 0 radical (unpaired) electrons. The molecule has 0 spiro atoms. The summed E-state index contributed by atoms with van der Waals surface area (Å²) in [6, 6.07) is 12.7. The van der Waals surface area contributed by atoms with Gasteiger partial charge in [0.05, 0.1) is 16.0 Å². The van der Waals surface area contributed by atoms with Crippen LogP contribution in [-0.2, 0) is 7.05 Å². The Bertz CT molecular complexity index is 1030. The molecule has 4 aromatic rings. The second kappa shape index (κ2) is 4.39. The van der Waals surface area contributed by atoms with Gasteiger partial charge in [-0.25, -0.2) is 4.98 Å². The topological polar surface area (TPSA) is 89.6 Å². The minimum absolute atomic E-state index is 0.0150. The van der Waals surface area contributed by atoms with Crippen LogP contribution in [-0.4, -0.2) is 24.7 Å². The number of nitrogens with one attached hydrogen (secondary N) is 1. The summed E-state index contributed by atoms with van der Waals surface area (Å²) in [6.45, 7) is 0. The lowest BCUT2D eigenvalue weighted by molar-refractivity contribution is -0.383. The van der Waals surface area contributed by atoms with Crippen molar-refractivity contribution >= 4 is 27.6 Å². The first-order valence-corrected chi connectivity index (χ1v) is 6.70. The largest absolute Gasteiger partial charge is 0.326 e. The van der Waals surface area contributed by atoms with E-state index in [0.717, 1.165) is 11.0 Å². The van der Waals surface area contributed by atoms with Gasteiger partial charge in [0, 0.05) is 18.5 Å². The third-order valence-electron chi connectivity index (χ3n) is 3.77. The predicted molar refractivity (Wildman–Crippen MR) is 82.5 cm³/mol. The number of para-hydroxylation sites is 3. The van der Waals surface area contributed by atoms with Crippen molar-refractivity contribution in [3.05, 3.63) is 52.6 Å². The normalized spacial score (nSPS) is 11.3. The maximum absolute atomic E-state index is 11.1. The van der Waals surface area contributed by atoms with E-state index in [1.165, 1.54) is 6.07 Å². The van der Waals surface area contributed by atoms with Gasteiger partial charge in [0.25, 0.3) is 5.69 Å². The van der Waals surface area contributed by atoms with E-state index in [0.29, 0.717) is 22.4 Å². The number of nitrogens with zero attached hydrogens (tertiary/aromatic N) is 4. The number of aryl methyl sites for hydroxylation is 1. The van der Waals surface area contributed by atoms with Crippen LogP contribution < -0.4 is 0 Å². The monoisotopic (exact) mass is 293 g/mol. The number of hydrogen-bond donors (Lipinski definition) is 1. The molecule has 0 atom stereocenters. The van der Waals surface area contributed by atoms with Gasteiger partial charge in [-0.05, 0) is 18.2 Å². The van der Waals surface area contributed by atoms with E-state index >= 15 is 0 Å². The van der Waals surface area contributed by atoms with E-state index in [4.69, 9.17) is 0 Å². The molecule has 22 heavy (non-hydrogen) atoms. The third kappa shape index (κ3) is 1.62. The van der Waals surface area contributed by atoms with Crippen LogP contribution in [0.2, 0.25) is 0 Å². The van der Waals surface area contributed by atoms with E-state index in [1.807, 2.05) is 35.9 Å².